The van der Waals surface area contributed by atoms with Gasteiger partial charge in [-0.3, -0.25) is 0 Å². The van der Waals surface area contributed by atoms with Crippen molar-refractivity contribution in [1.82, 2.24) is 35.6 Å². The van der Waals surface area contributed by atoms with Crippen molar-refractivity contribution in [3.63, 3.8) is 0 Å². The molecule has 0 fully saturated rings. The highest BCUT2D eigenvalue weighted by Crippen LogP contribution is 2.30. The quantitative estimate of drug-likeness (QED) is 0.351. The maximum Gasteiger partial charge on any atom is 0.433 e. The van der Waals surface area contributed by atoms with Crippen LogP contribution in [0.4, 0.5) is 30.6 Å². The molecule has 34 heavy (non-hydrogen) atoms. The first-order chi connectivity index (χ1) is 16.2. The van der Waals surface area contributed by atoms with Crippen molar-refractivity contribution in [3.05, 3.63) is 65.9 Å². The number of aryl methyl sites for hydroxylation is 1. The number of alkyl halides is 3. The van der Waals surface area contributed by atoms with Crippen molar-refractivity contribution in [2.45, 2.75) is 38.9 Å². The van der Waals surface area contributed by atoms with E-state index in [1.165, 1.54) is 0 Å². The normalized spacial score (nSPS) is 13.4. The summed E-state index contributed by atoms with van der Waals surface area (Å²) in [4.78, 5) is 12.0. The van der Waals surface area contributed by atoms with Crippen molar-refractivity contribution >= 4 is 17.5 Å². The number of nitrogens with zero attached hydrogens (tertiary/aromatic N) is 6. The van der Waals surface area contributed by atoms with E-state index in [1.54, 1.807) is 18.3 Å². The van der Waals surface area contributed by atoms with Gasteiger partial charge in [-0.2, -0.15) is 13.2 Å². The zero-order valence-electron chi connectivity index (χ0n) is 18.6. The minimum absolute atomic E-state index is 0.134. The summed E-state index contributed by atoms with van der Waals surface area (Å²) in [6, 6.07) is 10.1. The number of aromatic amines is 1. The number of halogens is 3. The molecular formula is C22H22F3N9. The molecule has 3 heterocycles. The monoisotopic (exact) mass is 469 g/mol. The van der Waals surface area contributed by atoms with Crippen molar-refractivity contribution in [2.24, 2.45) is 0 Å². The highest BCUT2D eigenvalue weighted by molar-refractivity contribution is 5.71. The molecule has 176 valence electrons. The molecule has 1 unspecified atom stereocenters. The summed E-state index contributed by atoms with van der Waals surface area (Å²) < 4.78 is 38.9. The summed E-state index contributed by atoms with van der Waals surface area (Å²) in [5.74, 6) is 1.12. The Morgan fingerprint density at radius 2 is 1.85 bits per heavy atom. The van der Waals surface area contributed by atoms with Crippen molar-refractivity contribution in [3.8, 4) is 11.1 Å². The first kappa shape index (κ1) is 23.1. The summed E-state index contributed by atoms with van der Waals surface area (Å²) in [5.41, 5.74) is 1.61. The molecule has 12 heteroatoms. The average molecular weight is 469 g/mol. The molecule has 3 aromatic heterocycles. The van der Waals surface area contributed by atoms with Crippen LogP contribution in [0, 0.1) is 6.92 Å². The second-order valence-corrected chi connectivity index (χ2v) is 7.97. The molecule has 4 aromatic rings. The van der Waals surface area contributed by atoms with Gasteiger partial charge in [0.15, 0.2) is 5.82 Å². The molecule has 0 aliphatic heterocycles. The van der Waals surface area contributed by atoms with E-state index in [2.05, 4.69) is 46.2 Å². The van der Waals surface area contributed by atoms with Gasteiger partial charge < -0.3 is 10.6 Å². The van der Waals surface area contributed by atoms with Gasteiger partial charge in [-0.1, -0.05) is 13.0 Å². The lowest BCUT2D eigenvalue weighted by atomic mass is 9.98. The van der Waals surface area contributed by atoms with E-state index in [0.29, 0.717) is 17.3 Å². The molecule has 1 atom stereocenters. The third-order valence-electron chi connectivity index (χ3n) is 5.36. The van der Waals surface area contributed by atoms with Gasteiger partial charge in [-0.05, 0) is 72.2 Å². The number of anilines is 3. The van der Waals surface area contributed by atoms with Crippen molar-refractivity contribution < 1.29 is 13.2 Å². The van der Waals surface area contributed by atoms with E-state index in [0.717, 1.165) is 35.4 Å². The standard InChI is InChI=1S/C22H22F3N9/c1-4-21(3,19-31-33-34-32-19)30-18-6-5-14(12-27-18)15-9-13(2)10-16(11-15)28-20-26-8-7-17(29-20)22(23,24)25/h5-12H,4H2,1-3H3,(H,27,30)(H,26,28,29)(H,31,32,33,34). The largest absolute Gasteiger partial charge is 0.433 e. The third-order valence-corrected chi connectivity index (χ3v) is 5.36. The van der Waals surface area contributed by atoms with Crippen LogP contribution in [0.1, 0.15) is 37.4 Å². The maximum absolute atomic E-state index is 13.0. The maximum atomic E-state index is 13.0. The number of nitrogens with one attached hydrogen (secondary N) is 3. The van der Waals surface area contributed by atoms with Gasteiger partial charge in [0.05, 0.1) is 5.54 Å². The van der Waals surface area contributed by atoms with E-state index >= 15 is 0 Å². The fourth-order valence-electron chi connectivity index (χ4n) is 3.36. The Labute approximate surface area is 193 Å². The summed E-state index contributed by atoms with van der Waals surface area (Å²) in [6.45, 7) is 5.88. The van der Waals surface area contributed by atoms with E-state index in [9.17, 15) is 13.2 Å². The second-order valence-electron chi connectivity index (χ2n) is 7.97. The minimum atomic E-state index is -4.55. The Balaban J connectivity index is 1.55. The molecule has 0 saturated heterocycles. The summed E-state index contributed by atoms with van der Waals surface area (Å²) >= 11 is 0. The lowest BCUT2D eigenvalue weighted by molar-refractivity contribution is -0.141. The number of hydrogen-bond donors (Lipinski definition) is 3. The highest BCUT2D eigenvalue weighted by Gasteiger charge is 2.33. The molecule has 0 saturated carbocycles. The topological polar surface area (TPSA) is 117 Å². The predicted molar refractivity (Wildman–Crippen MR) is 120 cm³/mol. The van der Waals surface area contributed by atoms with Gasteiger partial charge >= 0.3 is 6.18 Å². The summed E-state index contributed by atoms with van der Waals surface area (Å²) in [7, 11) is 0. The number of H-pyrrole nitrogens is 1. The van der Waals surface area contributed by atoms with E-state index in [1.807, 2.05) is 39.0 Å². The van der Waals surface area contributed by atoms with Gasteiger partial charge in [0.2, 0.25) is 5.95 Å². The molecule has 0 aliphatic rings. The highest BCUT2D eigenvalue weighted by atomic mass is 19.4. The van der Waals surface area contributed by atoms with Gasteiger partial charge in [-0.25, -0.2) is 20.1 Å². The van der Waals surface area contributed by atoms with Crippen LogP contribution in [0.3, 0.4) is 0 Å². The molecular weight excluding hydrogens is 447 g/mol. The summed E-state index contributed by atoms with van der Waals surface area (Å²) in [6.07, 6.45) is -1.03. The van der Waals surface area contributed by atoms with Gasteiger partial charge in [0.1, 0.15) is 11.5 Å². The fraction of sp³-hybridized carbons (Fsp3) is 0.273. The number of rotatable bonds is 7. The van der Waals surface area contributed by atoms with Crippen LogP contribution in [-0.4, -0.2) is 35.6 Å². The van der Waals surface area contributed by atoms with Crippen molar-refractivity contribution in [2.75, 3.05) is 10.6 Å². The van der Waals surface area contributed by atoms with Crippen LogP contribution in [-0.2, 0) is 11.7 Å². The van der Waals surface area contributed by atoms with Crippen LogP contribution in [0.15, 0.2) is 48.8 Å². The first-order valence-corrected chi connectivity index (χ1v) is 10.4. The predicted octanol–water partition coefficient (Wildman–Crippen LogP) is 4.86. The Hall–Kier alpha value is -4.09. The van der Waals surface area contributed by atoms with Crippen LogP contribution >= 0.6 is 0 Å². The van der Waals surface area contributed by atoms with Crippen LogP contribution < -0.4 is 10.6 Å². The SMILES string of the molecule is CCC(C)(Nc1ccc(-c2cc(C)cc(Nc3nccc(C(F)(F)F)n3)c2)cn1)c1nnn[nH]1. The molecule has 0 bridgehead atoms. The van der Waals surface area contributed by atoms with E-state index in [4.69, 9.17) is 0 Å². The Morgan fingerprint density at radius 3 is 2.50 bits per heavy atom. The molecule has 0 amide bonds. The Morgan fingerprint density at radius 1 is 1.03 bits per heavy atom. The van der Waals surface area contributed by atoms with E-state index in [-0.39, 0.29) is 5.95 Å². The Kier molecular flexibility index (Phi) is 6.14. The molecule has 4 rings (SSSR count). The molecule has 0 radical (unpaired) electrons. The fourth-order valence-corrected chi connectivity index (χ4v) is 3.36. The zero-order chi connectivity index (χ0) is 24.3. The lowest BCUT2D eigenvalue weighted by Crippen LogP contribution is -2.33. The lowest BCUT2D eigenvalue weighted by Gasteiger charge is -2.27. The average Bonchev–Trinajstić information content (AvgIpc) is 3.35. The molecule has 0 aliphatic carbocycles. The zero-order valence-corrected chi connectivity index (χ0v) is 18.6. The smallest absolute Gasteiger partial charge is 0.358 e. The number of hydrogen-bond acceptors (Lipinski definition) is 8. The second kappa shape index (κ2) is 9.04. The first-order valence-electron chi connectivity index (χ1n) is 10.4. The van der Waals surface area contributed by atoms with Gasteiger partial charge in [0.25, 0.3) is 0 Å². The number of pyridine rings is 1. The van der Waals surface area contributed by atoms with Crippen LogP contribution in [0.2, 0.25) is 0 Å². The van der Waals surface area contributed by atoms with Gasteiger partial charge in [0, 0.05) is 23.6 Å². The molecule has 0 spiro atoms. The number of aromatic nitrogens is 7. The third kappa shape index (κ3) is 5.11. The number of tetrazole rings is 1. The Bertz CT molecular complexity index is 1260. The molecule has 1 aromatic carbocycles. The van der Waals surface area contributed by atoms with Gasteiger partial charge in [-0.15, -0.1) is 5.10 Å². The van der Waals surface area contributed by atoms with Crippen LogP contribution in [0.25, 0.3) is 11.1 Å². The minimum Gasteiger partial charge on any atom is -0.358 e. The molecule has 3 N–H and O–H groups in total. The van der Waals surface area contributed by atoms with Crippen molar-refractivity contribution in [1.29, 1.82) is 0 Å². The summed E-state index contributed by atoms with van der Waals surface area (Å²) in [5, 5.41) is 20.3. The number of benzene rings is 1. The van der Waals surface area contributed by atoms with E-state index < -0.39 is 17.4 Å². The van der Waals surface area contributed by atoms with Crippen LogP contribution in [0.5, 0.6) is 0 Å². The molecule has 9 nitrogen and oxygen atoms in total.